The molecule has 8 nitrogen and oxygen atoms in total. The van der Waals surface area contributed by atoms with Crippen LogP contribution in [0.5, 0.6) is 5.75 Å². The van der Waals surface area contributed by atoms with Crippen LogP contribution in [0.2, 0.25) is 0 Å². The molecule has 2 aliphatic heterocycles. The highest BCUT2D eigenvalue weighted by atomic mass is 35.5. The number of nitrogens with zero attached hydrogens (tertiary/aromatic N) is 2. The van der Waals surface area contributed by atoms with E-state index in [1.165, 1.54) is 23.5 Å². The molecule has 0 amide bonds. The lowest BCUT2D eigenvalue weighted by atomic mass is 10.1. The minimum absolute atomic E-state index is 0. The van der Waals surface area contributed by atoms with E-state index in [0.29, 0.717) is 19.1 Å². The molecular formula is C14H20ClN3O5S. The minimum atomic E-state index is -3.84. The average Bonchev–Trinajstić information content (AvgIpc) is 2.84. The molecule has 2 unspecified atom stereocenters. The minimum Gasteiger partial charge on any atom is -0.495 e. The van der Waals surface area contributed by atoms with Gasteiger partial charge in [0.1, 0.15) is 10.6 Å². The lowest BCUT2D eigenvalue weighted by Gasteiger charge is -2.24. The fraction of sp³-hybridized carbons (Fsp3) is 0.571. The van der Waals surface area contributed by atoms with Crippen molar-refractivity contribution in [3.63, 3.8) is 0 Å². The third-order valence-corrected chi connectivity index (χ3v) is 6.35. The van der Waals surface area contributed by atoms with E-state index in [1.54, 1.807) is 0 Å². The van der Waals surface area contributed by atoms with Crippen LogP contribution in [0.25, 0.3) is 0 Å². The van der Waals surface area contributed by atoms with E-state index in [1.807, 2.05) is 0 Å². The molecule has 24 heavy (non-hydrogen) atoms. The maximum absolute atomic E-state index is 13.0. The van der Waals surface area contributed by atoms with Crippen LogP contribution in [0.4, 0.5) is 5.69 Å². The molecule has 10 heteroatoms. The highest BCUT2D eigenvalue weighted by molar-refractivity contribution is 7.89. The first-order valence-electron chi connectivity index (χ1n) is 7.50. The van der Waals surface area contributed by atoms with Crippen LogP contribution in [0.15, 0.2) is 23.1 Å². The molecule has 2 atom stereocenters. The van der Waals surface area contributed by atoms with Crippen LogP contribution in [0.1, 0.15) is 19.3 Å². The van der Waals surface area contributed by atoms with Gasteiger partial charge in [-0.1, -0.05) is 0 Å². The molecule has 2 bridgehead atoms. The Morgan fingerprint density at radius 1 is 1.29 bits per heavy atom. The first kappa shape index (κ1) is 18.9. The predicted octanol–water partition coefficient (Wildman–Crippen LogP) is 1.54. The summed E-state index contributed by atoms with van der Waals surface area (Å²) >= 11 is 0. The van der Waals surface area contributed by atoms with Gasteiger partial charge in [0, 0.05) is 37.3 Å². The van der Waals surface area contributed by atoms with Crippen LogP contribution in [-0.2, 0) is 10.0 Å². The molecule has 2 aliphatic rings. The number of rotatable bonds is 4. The monoisotopic (exact) mass is 377 g/mol. The van der Waals surface area contributed by atoms with Crippen molar-refractivity contribution < 1.29 is 18.1 Å². The van der Waals surface area contributed by atoms with E-state index in [2.05, 4.69) is 5.32 Å². The Morgan fingerprint density at radius 3 is 2.67 bits per heavy atom. The smallest absolute Gasteiger partial charge is 0.271 e. The van der Waals surface area contributed by atoms with Gasteiger partial charge in [-0.05, 0) is 25.3 Å². The van der Waals surface area contributed by atoms with E-state index < -0.39 is 14.9 Å². The van der Waals surface area contributed by atoms with Crippen molar-refractivity contribution in [2.24, 2.45) is 0 Å². The Labute approximate surface area is 146 Å². The van der Waals surface area contributed by atoms with Crippen molar-refractivity contribution in [3.05, 3.63) is 28.3 Å². The second-order valence-electron chi connectivity index (χ2n) is 5.88. The topological polar surface area (TPSA) is 102 Å². The van der Waals surface area contributed by atoms with E-state index >= 15 is 0 Å². The standard InChI is InChI=1S/C14H19N3O5S.ClH/c1-22-13-5-4-12(17(18)19)8-14(13)23(20,21)16-7-6-10-2-3-11(9-16)15-10;/h4-5,8,10-11,15H,2-3,6-7,9H2,1H3;1H. The SMILES string of the molecule is COc1ccc([N+](=O)[O-])cc1S(=O)(=O)N1CCC2CCC(C1)N2.Cl. The Bertz CT molecular complexity index is 727. The number of hydrogen-bond donors (Lipinski definition) is 1. The number of hydrogen-bond acceptors (Lipinski definition) is 6. The summed E-state index contributed by atoms with van der Waals surface area (Å²) in [7, 11) is -2.49. The molecule has 134 valence electrons. The Morgan fingerprint density at radius 2 is 2.00 bits per heavy atom. The van der Waals surface area contributed by atoms with E-state index in [4.69, 9.17) is 4.74 Å². The molecule has 1 aromatic rings. The lowest BCUT2D eigenvalue weighted by Crippen LogP contribution is -2.39. The van der Waals surface area contributed by atoms with Gasteiger partial charge in [0.25, 0.3) is 5.69 Å². The highest BCUT2D eigenvalue weighted by Gasteiger charge is 2.36. The molecule has 1 aromatic carbocycles. The number of fused-ring (bicyclic) bond motifs is 2. The average molecular weight is 378 g/mol. The van der Waals surface area contributed by atoms with Crippen LogP contribution < -0.4 is 10.1 Å². The molecule has 0 aliphatic carbocycles. The van der Waals surface area contributed by atoms with Crippen LogP contribution in [-0.4, -0.2) is 49.9 Å². The van der Waals surface area contributed by atoms with Gasteiger partial charge in [0.05, 0.1) is 12.0 Å². The lowest BCUT2D eigenvalue weighted by molar-refractivity contribution is -0.385. The fourth-order valence-corrected chi connectivity index (χ4v) is 4.92. The molecule has 0 saturated carbocycles. The highest BCUT2D eigenvalue weighted by Crippen LogP contribution is 2.32. The van der Waals surface area contributed by atoms with Crippen molar-refractivity contribution in [2.45, 2.75) is 36.2 Å². The Hall–Kier alpha value is -1.42. The zero-order valence-electron chi connectivity index (χ0n) is 13.2. The Balaban J connectivity index is 0.00000208. The zero-order valence-corrected chi connectivity index (χ0v) is 14.8. The quantitative estimate of drug-likeness (QED) is 0.630. The normalized spacial score (nSPS) is 24.0. The number of sulfonamides is 1. The van der Waals surface area contributed by atoms with Gasteiger partial charge in [-0.15, -0.1) is 12.4 Å². The van der Waals surface area contributed by atoms with Gasteiger partial charge in [-0.2, -0.15) is 4.31 Å². The number of ether oxygens (including phenoxy) is 1. The van der Waals surface area contributed by atoms with Crippen molar-refractivity contribution >= 4 is 28.1 Å². The van der Waals surface area contributed by atoms with Gasteiger partial charge in [-0.3, -0.25) is 10.1 Å². The van der Waals surface area contributed by atoms with E-state index in [-0.39, 0.29) is 34.8 Å². The maximum atomic E-state index is 13.0. The molecule has 0 spiro atoms. The molecule has 0 radical (unpaired) electrons. The largest absolute Gasteiger partial charge is 0.495 e. The number of methoxy groups -OCH3 is 1. The maximum Gasteiger partial charge on any atom is 0.271 e. The number of halogens is 1. The molecular weight excluding hydrogens is 358 g/mol. The summed E-state index contributed by atoms with van der Waals surface area (Å²) in [5.41, 5.74) is -0.265. The summed E-state index contributed by atoms with van der Waals surface area (Å²) in [5.74, 6) is 0.123. The number of nitro groups is 1. The number of benzene rings is 1. The summed E-state index contributed by atoms with van der Waals surface area (Å²) < 4.78 is 32.4. The zero-order chi connectivity index (χ0) is 16.6. The molecule has 1 N–H and O–H groups in total. The van der Waals surface area contributed by atoms with Crippen LogP contribution >= 0.6 is 12.4 Å². The van der Waals surface area contributed by atoms with Gasteiger partial charge in [0.15, 0.2) is 0 Å². The number of nitro benzene ring substituents is 1. The second-order valence-corrected chi connectivity index (χ2v) is 7.79. The fourth-order valence-electron chi connectivity index (χ4n) is 3.25. The van der Waals surface area contributed by atoms with Gasteiger partial charge >= 0.3 is 0 Å². The number of non-ortho nitro benzene ring substituents is 1. The number of nitrogens with one attached hydrogen (secondary N) is 1. The van der Waals surface area contributed by atoms with Gasteiger partial charge in [0.2, 0.25) is 10.0 Å². The summed E-state index contributed by atoms with van der Waals surface area (Å²) in [5, 5.41) is 14.4. The van der Waals surface area contributed by atoms with Crippen molar-refractivity contribution in [2.75, 3.05) is 20.2 Å². The van der Waals surface area contributed by atoms with Crippen LogP contribution in [0.3, 0.4) is 0 Å². The van der Waals surface area contributed by atoms with E-state index in [9.17, 15) is 18.5 Å². The molecule has 2 saturated heterocycles. The first-order chi connectivity index (χ1) is 10.9. The summed E-state index contributed by atoms with van der Waals surface area (Å²) in [6, 6.07) is 4.14. The third-order valence-electron chi connectivity index (χ3n) is 4.46. The molecule has 0 aromatic heterocycles. The van der Waals surface area contributed by atoms with Crippen molar-refractivity contribution in [1.82, 2.24) is 9.62 Å². The van der Waals surface area contributed by atoms with Crippen molar-refractivity contribution in [1.29, 1.82) is 0 Å². The summed E-state index contributed by atoms with van der Waals surface area (Å²) in [6.45, 7) is 0.785. The van der Waals surface area contributed by atoms with Gasteiger partial charge in [-0.25, -0.2) is 8.42 Å². The molecule has 2 fully saturated rings. The second kappa shape index (κ2) is 7.22. The third kappa shape index (κ3) is 3.49. The summed E-state index contributed by atoms with van der Waals surface area (Å²) in [6.07, 6.45) is 2.76. The predicted molar refractivity (Wildman–Crippen MR) is 90.2 cm³/mol. The van der Waals surface area contributed by atoms with E-state index in [0.717, 1.165) is 25.3 Å². The molecule has 3 rings (SSSR count). The first-order valence-corrected chi connectivity index (χ1v) is 8.94. The molecule has 2 heterocycles. The van der Waals surface area contributed by atoms with Gasteiger partial charge < -0.3 is 10.1 Å². The summed E-state index contributed by atoms with van der Waals surface area (Å²) in [4.78, 5) is 10.2. The van der Waals surface area contributed by atoms with Crippen molar-refractivity contribution in [3.8, 4) is 5.75 Å². The van der Waals surface area contributed by atoms with Crippen LogP contribution in [0, 0.1) is 10.1 Å². The Kier molecular flexibility index (Phi) is 5.69.